The Labute approximate surface area is 162 Å². The number of aryl methyl sites for hydroxylation is 1. The fraction of sp³-hybridized carbons (Fsp3) is 0.227. The molecule has 0 spiro atoms. The maximum absolute atomic E-state index is 13.1. The molecule has 142 valence electrons. The summed E-state index contributed by atoms with van der Waals surface area (Å²) in [6.07, 6.45) is 1.65. The summed E-state index contributed by atoms with van der Waals surface area (Å²) in [5.41, 5.74) is 2.98. The van der Waals surface area contributed by atoms with Crippen LogP contribution in [0.15, 0.2) is 70.5 Å². The molecule has 0 amide bonds. The molecule has 2 heterocycles. The van der Waals surface area contributed by atoms with E-state index in [0.29, 0.717) is 23.4 Å². The third-order valence-electron chi connectivity index (χ3n) is 5.16. The van der Waals surface area contributed by atoms with Crippen LogP contribution in [0.4, 0.5) is 0 Å². The molecule has 0 unspecified atom stereocenters. The first-order chi connectivity index (χ1) is 13.5. The van der Waals surface area contributed by atoms with Crippen molar-refractivity contribution in [2.75, 3.05) is 0 Å². The van der Waals surface area contributed by atoms with Crippen LogP contribution in [-0.4, -0.2) is 18.7 Å². The van der Waals surface area contributed by atoms with E-state index in [1.807, 2.05) is 73.0 Å². The highest BCUT2D eigenvalue weighted by molar-refractivity contribution is 5.72. The lowest BCUT2D eigenvalue weighted by molar-refractivity contribution is 0.631. The third kappa shape index (κ3) is 2.78. The first-order valence-electron chi connectivity index (χ1n) is 9.37. The van der Waals surface area contributed by atoms with Crippen molar-refractivity contribution < 1.29 is 0 Å². The van der Waals surface area contributed by atoms with Gasteiger partial charge in [0.15, 0.2) is 11.2 Å². The van der Waals surface area contributed by atoms with E-state index >= 15 is 0 Å². The van der Waals surface area contributed by atoms with Crippen molar-refractivity contribution >= 4 is 11.2 Å². The lowest BCUT2D eigenvalue weighted by Gasteiger charge is -2.16. The van der Waals surface area contributed by atoms with Crippen LogP contribution in [0.1, 0.15) is 31.0 Å². The van der Waals surface area contributed by atoms with Crippen molar-refractivity contribution in [1.29, 1.82) is 0 Å². The maximum atomic E-state index is 13.1. The molecule has 0 bridgehead atoms. The number of hydrogen-bond acceptors (Lipinski definition) is 3. The summed E-state index contributed by atoms with van der Waals surface area (Å²) in [6, 6.07) is 17.5. The average Bonchev–Trinajstić information content (AvgIpc) is 3.15. The van der Waals surface area contributed by atoms with Crippen molar-refractivity contribution in [3.63, 3.8) is 0 Å². The highest BCUT2D eigenvalue weighted by Crippen LogP contribution is 2.22. The molecule has 0 aliphatic heterocycles. The molecule has 2 aromatic carbocycles. The number of aromatic nitrogens is 4. The molecular weight excluding hydrogens is 352 g/mol. The van der Waals surface area contributed by atoms with Gasteiger partial charge in [-0.1, -0.05) is 48.0 Å². The Morgan fingerprint density at radius 3 is 2.32 bits per heavy atom. The first kappa shape index (κ1) is 18.0. The van der Waals surface area contributed by atoms with Crippen LogP contribution in [0.2, 0.25) is 0 Å². The van der Waals surface area contributed by atoms with Gasteiger partial charge in [-0.2, -0.15) is 0 Å². The van der Waals surface area contributed by atoms with Crippen LogP contribution < -0.4 is 11.2 Å². The lowest BCUT2D eigenvalue weighted by atomic mass is 10.1. The SMILES string of the molecule is CCn1c(=O)c2c(ncn2[C@@H](C)c2ccccc2)n(-c2ccc(C)cc2)c1=O. The van der Waals surface area contributed by atoms with Gasteiger partial charge in [-0.3, -0.25) is 9.36 Å². The molecule has 0 fully saturated rings. The van der Waals surface area contributed by atoms with Gasteiger partial charge >= 0.3 is 5.69 Å². The molecule has 0 aliphatic rings. The summed E-state index contributed by atoms with van der Waals surface area (Å²) in [7, 11) is 0. The molecule has 0 saturated carbocycles. The molecule has 4 rings (SSSR count). The van der Waals surface area contributed by atoms with E-state index in [1.165, 1.54) is 9.13 Å². The van der Waals surface area contributed by atoms with Gasteiger partial charge in [0.2, 0.25) is 0 Å². The molecule has 1 atom stereocenters. The number of rotatable bonds is 4. The number of hydrogen-bond donors (Lipinski definition) is 0. The first-order valence-corrected chi connectivity index (χ1v) is 9.37. The van der Waals surface area contributed by atoms with Crippen molar-refractivity contribution in [2.45, 2.75) is 33.4 Å². The summed E-state index contributed by atoms with van der Waals surface area (Å²) < 4.78 is 4.63. The van der Waals surface area contributed by atoms with Gasteiger partial charge in [-0.25, -0.2) is 14.3 Å². The molecule has 0 N–H and O–H groups in total. The zero-order chi connectivity index (χ0) is 19.8. The molecule has 2 aromatic heterocycles. The van der Waals surface area contributed by atoms with Crippen LogP contribution in [0.3, 0.4) is 0 Å². The second kappa shape index (κ2) is 6.96. The van der Waals surface area contributed by atoms with Crippen molar-refractivity contribution in [3.8, 4) is 5.69 Å². The summed E-state index contributed by atoms with van der Waals surface area (Å²) in [5, 5.41) is 0. The summed E-state index contributed by atoms with van der Waals surface area (Å²) in [6.45, 7) is 6.11. The minimum Gasteiger partial charge on any atom is -0.317 e. The minimum absolute atomic E-state index is 0.0897. The van der Waals surface area contributed by atoms with Crippen LogP contribution in [0.5, 0.6) is 0 Å². The molecule has 6 nitrogen and oxygen atoms in total. The number of fused-ring (bicyclic) bond motifs is 1. The van der Waals surface area contributed by atoms with Gasteiger partial charge in [0, 0.05) is 6.54 Å². The fourth-order valence-corrected chi connectivity index (χ4v) is 3.54. The smallest absolute Gasteiger partial charge is 0.317 e. The monoisotopic (exact) mass is 374 g/mol. The average molecular weight is 374 g/mol. The van der Waals surface area contributed by atoms with Gasteiger partial charge in [-0.05, 0) is 38.5 Å². The quantitative estimate of drug-likeness (QED) is 0.551. The van der Waals surface area contributed by atoms with Crippen LogP contribution in [0.25, 0.3) is 16.9 Å². The predicted molar refractivity (Wildman–Crippen MR) is 110 cm³/mol. The normalized spacial score (nSPS) is 12.4. The van der Waals surface area contributed by atoms with E-state index in [0.717, 1.165) is 11.1 Å². The molecule has 28 heavy (non-hydrogen) atoms. The minimum atomic E-state index is -0.374. The largest absolute Gasteiger partial charge is 0.337 e. The lowest BCUT2D eigenvalue weighted by Crippen LogP contribution is -2.39. The van der Waals surface area contributed by atoms with Crippen LogP contribution >= 0.6 is 0 Å². The summed E-state index contributed by atoms with van der Waals surface area (Å²) >= 11 is 0. The second-order valence-electron chi connectivity index (χ2n) is 6.91. The molecule has 4 aromatic rings. The Kier molecular flexibility index (Phi) is 4.47. The van der Waals surface area contributed by atoms with Gasteiger partial charge in [0.25, 0.3) is 5.56 Å². The van der Waals surface area contributed by atoms with E-state index in [1.54, 1.807) is 13.3 Å². The number of nitrogens with zero attached hydrogens (tertiary/aromatic N) is 4. The van der Waals surface area contributed by atoms with Gasteiger partial charge in [0.1, 0.15) is 0 Å². The standard InChI is InChI=1S/C22H22N4O2/c1-4-24-21(27)19-20(26(22(24)28)18-12-10-15(2)11-13-18)23-14-25(19)16(3)17-8-6-5-7-9-17/h5-14,16H,4H2,1-3H3/t16-/m0/s1. The Hall–Kier alpha value is -3.41. The topological polar surface area (TPSA) is 61.8 Å². The second-order valence-corrected chi connectivity index (χ2v) is 6.91. The Bertz CT molecular complexity index is 1250. The molecule has 0 radical (unpaired) electrons. The van der Waals surface area contributed by atoms with E-state index in [4.69, 9.17) is 0 Å². The van der Waals surface area contributed by atoms with Gasteiger partial charge in [-0.15, -0.1) is 0 Å². The number of benzene rings is 2. The molecule has 0 aliphatic carbocycles. The van der Waals surface area contributed by atoms with E-state index in [2.05, 4.69) is 4.98 Å². The summed E-state index contributed by atoms with van der Waals surface area (Å²) in [5.74, 6) is 0. The number of imidazole rings is 1. The molecule has 0 saturated heterocycles. The molecular formula is C22H22N4O2. The van der Waals surface area contributed by atoms with Crippen LogP contribution in [0, 0.1) is 6.92 Å². The Morgan fingerprint density at radius 2 is 1.68 bits per heavy atom. The summed E-state index contributed by atoms with van der Waals surface area (Å²) in [4.78, 5) is 30.6. The maximum Gasteiger partial charge on any atom is 0.337 e. The fourth-order valence-electron chi connectivity index (χ4n) is 3.54. The zero-order valence-corrected chi connectivity index (χ0v) is 16.2. The highest BCUT2D eigenvalue weighted by atomic mass is 16.2. The van der Waals surface area contributed by atoms with E-state index in [-0.39, 0.29) is 17.3 Å². The van der Waals surface area contributed by atoms with Crippen molar-refractivity contribution in [3.05, 3.63) is 92.9 Å². The van der Waals surface area contributed by atoms with Crippen molar-refractivity contribution in [1.82, 2.24) is 18.7 Å². The third-order valence-corrected chi connectivity index (χ3v) is 5.16. The van der Waals surface area contributed by atoms with E-state index < -0.39 is 0 Å². The predicted octanol–water partition coefficient (Wildman–Crippen LogP) is 3.29. The van der Waals surface area contributed by atoms with Crippen molar-refractivity contribution in [2.24, 2.45) is 0 Å². The van der Waals surface area contributed by atoms with Gasteiger partial charge < -0.3 is 4.57 Å². The zero-order valence-electron chi connectivity index (χ0n) is 16.2. The van der Waals surface area contributed by atoms with Crippen LogP contribution in [-0.2, 0) is 6.54 Å². The Balaban J connectivity index is 2.04. The van der Waals surface area contributed by atoms with E-state index in [9.17, 15) is 9.59 Å². The Morgan fingerprint density at radius 1 is 1.00 bits per heavy atom. The van der Waals surface area contributed by atoms with Gasteiger partial charge in [0.05, 0.1) is 18.1 Å². The molecule has 6 heteroatoms. The highest BCUT2D eigenvalue weighted by Gasteiger charge is 2.21.